The Morgan fingerprint density at radius 3 is 3.05 bits per heavy atom. The first-order valence-electron chi connectivity index (χ1n) is 7.25. The molecular weight excluding hydrogens is 268 g/mol. The fraction of sp³-hybridized carbons (Fsp3) is 0.467. The maximum absolute atomic E-state index is 12.3. The fourth-order valence-corrected chi connectivity index (χ4v) is 2.58. The molecule has 112 valence electrons. The van der Waals surface area contributed by atoms with E-state index < -0.39 is 0 Å². The summed E-state index contributed by atoms with van der Waals surface area (Å²) >= 11 is 0. The van der Waals surface area contributed by atoms with E-state index in [-0.39, 0.29) is 24.1 Å². The molecule has 0 radical (unpaired) electrons. The number of hydrogen-bond acceptors (Lipinski definition) is 4. The highest BCUT2D eigenvalue weighted by molar-refractivity contribution is 5.83. The molecule has 3 N–H and O–H groups in total. The first-order valence-corrected chi connectivity index (χ1v) is 7.25. The number of carbonyl (C=O) groups is 1. The number of amides is 1. The van der Waals surface area contributed by atoms with E-state index in [2.05, 4.69) is 20.6 Å². The van der Waals surface area contributed by atoms with Gasteiger partial charge in [0.25, 0.3) is 0 Å². The molecule has 3 atom stereocenters. The SMILES string of the molecule is CC(NC(=O)[C@H]1NCCO[C@@H]1C)c1nc2ccccc2[nH]1. The van der Waals surface area contributed by atoms with Crippen LogP contribution in [0.4, 0.5) is 0 Å². The van der Waals surface area contributed by atoms with Gasteiger partial charge >= 0.3 is 0 Å². The summed E-state index contributed by atoms with van der Waals surface area (Å²) in [5, 5.41) is 6.17. The van der Waals surface area contributed by atoms with Gasteiger partial charge in [-0.1, -0.05) is 12.1 Å². The van der Waals surface area contributed by atoms with Crippen molar-refractivity contribution in [3.63, 3.8) is 0 Å². The van der Waals surface area contributed by atoms with E-state index >= 15 is 0 Å². The van der Waals surface area contributed by atoms with Crippen molar-refractivity contribution in [2.24, 2.45) is 0 Å². The number of aromatic nitrogens is 2. The molecule has 1 aliphatic heterocycles. The number of aromatic amines is 1. The third kappa shape index (κ3) is 2.91. The number of nitrogens with zero attached hydrogens (tertiary/aromatic N) is 1. The molecule has 0 saturated carbocycles. The van der Waals surface area contributed by atoms with Gasteiger partial charge in [-0.05, 0) is 26.0 Å². The Morgan fingerprint density at radius 1 is 1.48 bits per heavy atom. The number of rotatable bonds is 3. The molecule has 0 aliphatic carbocycles. The molecule has 6 nitrogen and oxygen atoms in total. The van der Waals surface area contributed by atoms with Crippen LogP contribution >= 0.6 is 0 Å². The number of nitrogens with one attached hydrogen (secondary N) is 3. The first kappa shape index (κ1) is 14.0. The van der Waals surface area contributed by atoms with Gasteiger partial charge in [0.05, 0.1) is 29.8 Å². The van der Waals surface area contributed by atoms with E-state index in [4.69, 9.17) is 4.74 Å². The van der Waals surface area contributed by atoms with Crippen LogP contribution in [0.1, 0.15) is 25.7 Å². The van der Waals surface area contributed by atoms with Crippen LogP contribution in [0.3, 0.4) is 0 Å². The monoisotopic (exact) mass is 288 g/mol. The number of H-pyrrole nitrogens is 1. The third-order valence-electron chi connectivity index (χ3n) is 3.78. The van der Waals surface area contributed by atoms with E-state index in [1.54, 1.807) is 0 Å². The molecule has 3 rings (SSSR count). The molecule has 2 aromatic rings. The molecule has 1 saturated heterocycles. The second-order valence-electron chi connectivity index (χ2n) is 5.38. The van der Waals surface area contributed by atoms with Crippen molar-refractivity contribution in [3.8, 4) is 0 Å². The number of para-hydroxylation sites is 2. The molecule has 2 heterocycles. The quantitative estimate of drug-likeness (QED) is 0.790. The number of hydrogen-bond donors (Lipinski definition) is 3. The molecule has 1 fully saturated rings. The summed E-state index contributed by atoms with van der Waals surface area (Å²) < 4.78 is 5.50. The fourth-order valence-electron chi connectivity index (χ4n) is 2.58. The summed E-state index contributed by atoms with van der Waals surface area (Å²) in [7, 11) is 0. The van der Waals surface area contributed by atoms with Crippen LogP contribution in [0, 0.1) is 0 Å². The van der Waals surface area contributed by atoms with Gasteiger partial charge < -0.3 is 20.4 Å². The van der Waals surface area contributed by atoms with Crippen molar-refractivity contribution in [1.29, 1.82) is 0 Å². The molecule has 1 aromatic carbocycles. The van der Waals surface area contributed by atoms with E-state index in [9.17, 15) is 4.79 Å². The highest BCUT2D eigenvalue weighted by Crippen LogP contribution is 2.16. The predicted octanol–water partition coefficient (Wildman–Crippen LogP) is 1.12. The molecule has 0 spiro atoms. The number of carbonyl (C=O) groups excluding carboxylic acids is 1. The van der Waals surface area contributed by atoms with Gasteiger partial charge in [-0.3, -0.25) is 4.79 Å². The Kier molecular flexibility index (Phi) is 3.90. The summed E-state index contributed by atoms with van der Waals surface area (Å²) in [6, 6.07) is 7.33. The zero-order chi connectivity index (χ0) is 14.8. The van der Waals surface area contributed by atoms with Crippen molar-refractivity contribution in [2.45, 2.75) is 32.0 Å². The molecule has 0 bridgehead atoms. The minimum absolute atomic E-state index is 0.0600. The lowest BCUT2D eigenvalue weighted by Crippen LogP contribution is -2.55. The number of fused-ring (bicyclic) bond motifs is 1. The lowest BCUT2D eigenvalue weighted by Gasteiger charge is -2.30. The Bertz CT molecular complexity index is 606. The van der Waals surface area contributed by atoms with Crippen LogP contribution in [0.25, 0.3) is 11.0 Å². The van der Waals surface area contributed by atoms with Gasteiger partial charge in [0.2, 0.25) is 5.91 Å². The number of benzene rings is 1. The Hall–Kier alpha value is -1.92. The van der Waals surface area contributed by atoms with Gasteiger partial charge in [0.1, 0.15) is 11.9 Å². The summed E-state index contributed by atoms with van der Waals surface area (Å²) in [5.41, 5.74) is 1.88. The minimum Gasteiger partial charge on any atom is -0.375 e. The van der Waals surface area contributed by atoms with Gasteiger partial charge in [0, 0.05) is 6.54 Å². The molecule has 1 unspecified atom stereocenters. The Labute approximate surface area is 123 Å². The maximum Gasteiger partial charge on any atom is 0.240 e. The van der Waals surface area contributed by atoms with Gasteiger partial charge in [-0.15, -0.1) is 0 Å². The smallest absolute Gasteiger partial charge is 0.240 e. The zero-order valence-electron chi connectivity index (χ0n) is 12.2. The van der Waals surface area contributed by atoms with Gasteiger partial charge in [0.15, 0.2) is 0 Å². The molecule has 1 aliphatic rings. The summed E-state index contributed by atoms with van der Waals surface area (Å²) in [4.78, 5) is 20.1. The van der Waals surface area contributed by atoms with Gasteiger partial charge in [-0.25, -0.2) is 4.98 Å². The predicted molar refractivity (Wildman–Crippen MR) is 79.9 cm³/mol. The van der Waals surface area contributed by atoms with Crippen molar-refractivity contribution >= 4 is 16.9 Å². The van der Waals surface area contributed by atoms with Crippen LogP contribution in [0.2, 0.25) is 0 Å². The van der Waals surface area contributed by atoms with Crippen molar-refractivity contribution in [1.82, 2.24) is 20.6 Å². The highest BCUT2D eigenvalue weighted by atomic mass is 16.5. The zero-order valence-corrected chi connectivity index (χ0v) is 12.2. The van der Waals surface area contributed by atoms with Crippen LogP contribution in [0.5, 0.6) is 0 Å². The topological polar surface area (TPSA) is 79.0 Å². The maximum atomic E-state index is 12.3. The molecule has 21 heavy (non-hydrogen) atoms. The second-order valence-corrected chi connectivity index (χ2v) is 5.38. The second kappa shape index (κ2) is 5.83. The summed E-state index contributed by atoms with van der Waals surface area (Å²) in [5.74, 6) is 0.698. The third-order valence-corrected chi connectivity index (χ3v) is 3.78. The summed E-state index contributed by atoms with van der Waals surface area (Å²) in [6.07, 6.45) is -0.123. The first-order chi connectivity index (χ1) is 10.1. The molecule has 6 heteroatoms. The average Bonchev–Trinajstić information content (AvgIpc) is 2.91. The summed E-state index contributed by atoms with van der Waals surface area (Å²) in [6.45, 7) is 5.16. The van der Waals surface area contributed by atoms with E-state index in [0.29, 0.717) is 13.2 Å². The largest absolute Gasteiger partial charge is 0.375 e. The normalized spacial score (nSPS) is 23.9. The average molecular weight is 288 g/mol. The van der Waals surface area contributed by atoms with Crippen LogP contribution in [-0.4, -0.2) is 41.2 Å². The number of morpholine rings is 1. The van der Waals surface area contributed by atoms with E-state index in [0.717, 1.165) is 16.9 Å². The van der Waals surface area contributed by atoms with Crippen LogP contribution in [-0.2, 0) is 9.53 Å². The highest BCUT2D eigenvalue weighted by Gasteiger charge is 2.29. The molecular formula is C15H20N4O2. The Balaban J connectivity index is 1.70. The van der Waals surface area contributed by atoms with E-state index in [1.807, 2.05) is 38.1 Å². The van der Waals surface area contributed by atoms with Gasteiger partial charge in [-0.2, -0.15) is 0 Å². The Morgan fingerprint density at radius 2 is 2.29 bits per heavy atom. The van der Waals surface area contributed by atoms with Crippen molar-refractivity contribution in [2.75, 3.05) is 13.2 Å². The van der Waals surface area contributed by atoms with Crippen molar-refractivity contribution in [3.05, 3.63) is 30.1 Å². The van der Waals surface area contributed by atoms with Crippen molar-refractivity contribution < 1.29 is 9.53 Å². The molecule has 1 amide bonds. The number of ether oxygens (including phenoxy) is 1. The molecule has 1 aromatic heterocycles. The van der Waals surface area contributed by atoms with Crippen LogP contribution < -0.4 is 10.6 Å². The lowest BCUT2D eigenvalue weighted by atomic mass is 10.1. The standard InChI is InChI=1S/C15H20N4O2/c1-9(14-18-11-5-3-4-6-12(11)19-14)17-15(20)13-10(2)21-8-7-16-13/h3-6,9-10,13,16H,7-8H2,1-2H3,(H,17,20)(H,18,19)/t9?,10-,13+/m1/s1. The van der Waals surface area contributed by atoms with Crippen LogP contribution in [0.15, 0.2) is 24.3 Å². The lowest BCUT2D eigenvalue weighted by molar-refractivity contribution is -0.129. The minimum atomic E-state index is -0.314. The number of imidazole rings is 1. The van der Waals surface area contributed by atoms with E-state index in [1.165, 1.54) is 0 Å².